The second-order valence-electron chi connectivity index (χ2n) is 8.86. The number of pyridine rings is 1. The van der Waals surface area contributed by atoms with Gasteiger partial charge in [0.2, 0.25) is 11.8 Å². The van der Waals surface area contributed by atoms with Gasteiger partial charge in [-0.05, 0) is 61.6 Å². The van der Waals surface area contributed by atoms with Gasteiger partial charge in [0.1, 0.15) is 11.8 Å². The van der Waals surface area contributed by atoms with Crippen molar-refractivity contribution in [1.82, 2.24) is 14.8 Å². The second kappa shape index (κ2) is 9.55. The number of alkyl halides is 3. The lowest BCUT2D eigenvalue weighted by atomic mass is 9.82. The van der Waals surface area contributed by atoms with Crippen LogP contribution in [0.1, 0.15) is 35.6 Å². The average molecular weight is 490 g/mol. The molecule has 11 heteroatoms. The smallest absolute Gasteiger partial charge is 0.406 e. The van der Waals surface area contributed by atoms with Crippen LogP contribution in [0, 0.1) is 12.8 Å². The van der Waals surface area contributed by atoms with Crippen LogP contribution in [0.2, 0.25) is 0 Å². The van der Waals surface area contributed by atoms with Crippen LogP contribution in [-0.2, 0) is 16.0 Å². The Morgan fingerprint density at radius 2 is 1.91 bits per heavy atom. The van der Waals surface area contributed by atoms with Crippen LogP contribution in [0.3, 0.4) is 0 Å². The Balaban J connectivity index is 1.43. The highest BCUT2D eigenvalue weighted by Crippen LogP contribution is 2.34. The third kappa shape index (κ3) is 5.39. The van der Waals surface area contributed by atoms with Crippen LogP contribution in [0.25, 0.3) is 0 Å². The molecule has 1 aromatic heterocycles. The number of hydrogen-bond acceptors (Lipinski definition) is 5. The fourth-order valence-corrected chi connectivity index (χ4v) is 4.79. The summed E-state index contributed by atoms with van der Waals surface area (Å²) in [4.78, 5) is 44.8. The molecule has 2 aromatic rings. The molecule has 2 saturated heterocycles. The first-order valence-electron chi connectivity index (χ1n) is 11.2. The molecule has 3 atom stereocenters. The predicted molar refractivity (Wildman–Crippen MR) is 118 cm³/mol. The van der Waals surface area contributed by atoms with Gasteiger partial charge in [-0.2, -0.15) is 0 Å². The lowest BCUT2D eigenvalue weighted by Gasteiger charge is -2.46. The standard InChI is InChI=1S/C24H25F3N4O4/c1-14-11-15(8-9-29-14)12-19-20(21(28)32)31(22(19)33)23(34)30-10-2-3-17(13-30)16-4-6-18(7-5-16)35-24(25,26)27/h4-9,11,17,19-20H,2-3,10,12-13H2,1H3,(H2,28,32)/t17?,19-,20+/m1/s1. The predicted octanol–water partition coefficient (Wildman–Crippen LogP) is 3.14. The van der Waals surface area contributed by atoms with Gasteiger partial charge in [0.05, 0.1) is 5.92 Å². The monoisotopic (exact) mass is 490 g/mol. The summed E-state index contributed by atoms with van der Waals surface area (Å²) in [5.74, 6) is -2.38. The van der Waals surface area contributed by atoms with Gasteiger partial charge in [0, 0.05) is 30.9 Å². The number of amides is 4. The topological polar surface area (TPSA) is 106 Å². The number of benzene rings is 1. The van der Waals surface area contributed by atoms with Crippen LogP contribution >= 0.6 is 0 Å². The fourth-order valence-electron chi connectivity index (χ4n) is 4.79. The quantitative estimate of drug-likeness (QED) is 0.649. The third-order valence-corrected chi connectivity index (χ3v) is 6.41. The van der Waals surface area contributed by atoms with Crippen LogP contribution < -0.4 is 10.5 Å². The van der Waals surface area contributed by atoms with Crippen LogP contribution in [0.5, 0.6) is 5.75 Å². The van der Waals surface area contributed by atoms with Crippen molar-refractivity contribution < 1.29 is 32.3 Å². The molecule has 0 saturated carbocycles. The van der Waals surface area contributed by atoms with E-state index in [2.05, 4.69) is 9.72 Å². The SMILES string of the molecule is Cc1cc(C[C@H]2C(=O)N(C(=O)N3CCCC(c4ccc(OC(F)(F)F)cc4)C3)[C@@H]2C(N)=O)ccn1. The Morgan fingerprint density at radius 1 is 1.20 bits per heavy atom. The van der Waals surface area contributed by atoms with E-state index in [-0.39, 0.29) is 24.6 Å². The molecule has 0 aliphatic carbocycles. The summed E-state index contributed by atoms with van der Waals surface area (Å²) in [7, 11) is 0. The van der Waals surface area contributed by atoms with Gasteiger partial charge in [-0.15, -0.1) is 13.2 Å². The number of carbonyl (C=O) groups excluding carboxylic acids is 3. The fraction of sp³-hybridized carbons (Fsp3) is 0.417. The van der Waals surface area contributed by atoms with Crippen molar-refractivity contribution in [1.29, 1.82) is 0 Å². The minimum Gasteiger partial charge on any atom is -0.406 e. The first-order valence-corrected chi connectivity index (χ1v) is 11.2. The van der Waals surface area contributed by atoms with E-state index in [9.17, 15) is 27.6 Å². The lowest BCUT2D eigenvalue weighted by Crippen LogP contribution is -2.70. The van der Waals surface area contributed by atoms with Gasteiger partial charge in [0.25, 0.3) is 0 Å². The molecule has 4 rings (SSSR count). The van der Waals surface area contributed by atoms with Gasteiger partial charge < -0.3 is 15.4 Å². The molecule has 1 unspecified atom stereocenters. The number of carbonyl (C=O) groups is 3. The number of aryl methyl sites for hydroxylation is 1. The number of imide groups is 1. The van der Waals surface area contributed by atoms with Crippen molar-refractivity contribution in [2.24, 2.45) is 11.7 Å². The number of β-lactam (4-membered cyclic amide) rings is 1. The maximum Gasteiger partial charge on any atom is 0.573 e. The molecule has 4 amide bonds. The summed E-state index contributed by atoms with van der Waals surface area (Å²) in [5.41, 5.74) is 7.91. The number of piperidine rings is 1. The molecule has 0 radical (unpaired) electrons. The summed E-state index contributed by atoms with van der Waals surface area (Å²) in [5, 5.41) is 0. The first kappa shape index (κ1) is 24.5. The Morgan fingerprint density at radius 3 is 2.54 bits per heavy atom. The number of likely N-dealkylation sites (tertiary alicyclic amines) is 2. The minimum atomic E-state index is -4.77. The van der Waals surface area contributed by atoms with Crippen molar-refractivity contribution in [3.63, 3.8) is 0 Å². The molecular weight excluding hydrogens is 465 g/mol. The van der Waals surface area contributed by atoms with Crippen molar-refractivity contribution in [2.45, 2.75) is 44.5 Å². The number of primary amides is 1. The summed E-state index contributed by atoms with van der Waals surface area (Å²) in [6.07, 6.45) is -1.52. The number of hydrogen-bond donors (Lipinski definition) is 1. The molecule has 2 N–H and O–H groups in total. The van der Waals surface area contributed by atoms with Crippen molar-refractivity contribution in [3.8, 4) is 5.75 Å². The summed E-state index contributed by atoms with van der Waals surface area (Å²) in [6.45, 7) is 2.48. The van der Waals surface area contributed by atoms with E-state index in [1.807, 2.05) is 13.0 Å². The lowest BCUT2D eigenvalue weighted by molar-refractivity contribution is -0.274. The normalized spacial score (nSPS) is 22.5. The van der Waals surface area contributed by atoms with E-state index in [1.54, 1.807) is 12.3 Å². The second-order valence-corrected chi connectivity index (χ2v) is 8.86. The number of nitrogens with zero attached hydrogens (tertiary/aromatic N) is 3. The van der Waals surface area contributed by atoms with Crippen LogP contribution in [0.4, 0.5) is 18.0 Å². The highest BCUT2D eigenvalue weighted by molar-refractivity contribution is 6.08. The van der Waals surface area contributed by atoms with Gasteiger partial charge >= 0.3 is 12.4 Å². The van der Waals surface area contributed by atoms with Crippen molar-refractivity contribution >= 4 is 17.8 Å². The highest BCUT2D eigenvalue weighted by Gasteiger charge is 2.54. The van der Waals surface area contributed by atoms with Crippen LogP contribution in [-0.4, -0.2) is 58.1 Å². The van der Waals surface area contributed by atoms with E-state index in [0.29, 0.717) is 13.0 Å². The number of aromatic nitrogens is 1. The number of ether oxygens (including phenoxy) is 1. The molecule has 2 aliphatic heterocycles. The molecule has 8 nitrogen and oxygen atoms in total. The third-order valence-electron chi connectivity index (χ3n) is 6.41. The number of halogens is 3. The number of urea groups is 1. The largest absolute Gasteiger partial charge is 0.573 e. The molecule has 0 spiro atoms. The molecule has 0 bridgehead atoms. The Kier molecular flexibility index (Phi) is 6.68. The maximum atomic E-state index is 13.2. The van der Waals surface area contributed by atoms with Crippen molar-refractivity contribution in [3.05, 3.63) is 59.4 Å². The molecular formula is C24H25F3N4O4. The number of nitrogens with two attached hydrogens (primary N) is 1. The molecule has 2 fully saturated rings. The molecule has 1 aromatic carbocycles. The van der Waals surface area contributed by atoms with Crippen molar-refractivity contribution in [2.75, 3.05) is 13.1 Å². The Bertz CT molecular complexity index is 1120. The maximum absolute atomic E-state index is 13.2. The van der Waals surface area contributed by atoms with Gasteiger partial charge in [-0.3, -0.25) is 19.5 Å². The summed E-state index contributed by atoms with van der Waals surface area (Å²) < 4.78 is 41.1. The van der Waals surface area contributed by atoms with E-state index >= 15 is 0 Å². The zero-order valence-corrected chi connectivity index (χ0v) is 19.0. The van der Waals surface area contributed by atoms with Gasteiger partial charge in [-0.25, -0.2) is 4.79 Å². The van der Waals surface area contributed by atoms with E-state index < -0.39 is 36.2 Å². The Hall–Kier alpha value is -3.63. The van der Waals surface area contributed by atoms with Gasteiger partial charge in [0.15, 0.2) is 0 Å². The van der Waals surface area contributed by atoms with Gasteiger partial charge in [-0.1, -0.05) is 12.1 Å². The first-order chi connectivity index (χ1) is 16.5. The number of rotatable bonds is 5. The molecule has 2 aliphatic rings. The molecule has 3 heterocycles. The Labute approximate surface area is 199 Å². The minimum absolute atomic E-state index is 0.133. The average Bonchev–Trinajstić information content (AvgIpc) is 2.80. The summed E-state index contributed by atoms with van der Waals surface area (Å²) >= 11 is 0. The zero-order valence-electron chi connectivity index (χ0n) is 19.0. The van der Waals surface area contributed by atoms with E-state index in [0.717, 1.165) is 28.1 Å². The molecule has 186 valence electrons. The van der Waals surface area contributed by atoms with E-state index in [1.165, 1.54) is 29.2 Å². The molecule has 35 heavy (non-hydrogen) atoms. The van der Waals surface area contributed by atoms with E-state index in [4.69, 9.17) is 5.73 Å². The highest BCUT2D eigenvalue weighted by atomic mass is 19.4. The summed E-state index contributed by atoms with van der Waals surface area (Å²) in [6, 6.07) is 7.49. The zero-order chi connectivity index (χ0) is 25.3. The van der Waals surface area contributed by atoms with Crippen LogP contribution in [0.15, 0.2) is 42.6 Å².